The number of halogens is 2. The molecule has 0 saturated carbocycles. The summed E-state index contributed by atoms with van der Waals surface area (Å²) < 4.78 is 35.4. The number of nitrogens with one attached hydrogen (secondary N) is 1. The predicted molar refractivity (Wildman–Crippen MR) is 155 cm³/mol. The van der Waals surface area contributed by atoms with Crippen LogP contribution >= 0.6 is 31.9 Å². The minimum atomic E-state index is -4.18. The van der Waals surface area contributed by atoms with Gasteiger partial charge in [0.25, 0.3) is 10.0 Å². The first-order chi connectivity index (χ1) is 18.0. The second kappa shape index (κ2) is 12.8. The number of hydrogen-bond acceptors (Lipinski definition) is 5. The molecule has 1 atom stereocenters. The lowest BCUT2D eigenvalue weighted by molar-refractivity contribution is -0.139. The number of methoxy groups -OCH3 is 1. The lowest BCUT2D eigenvalue weighted by Crippen LogP contribution is -2.50. The summed E-state index contributed by atoms with van der Waals surface area (Å²) >= 11 is 6.77. The first-order valence-corrected chi connectivity index (χ1v) is 14.7. The van der Waals surface area contributed by atoms with Gasteiger partial charge in [-0.05, 0) is 77.8 Å². The number of benzene rings is 3. The molecule has 3 aromatic rings. The number of carbonyl (C=O) groups excluding carboxylic acids is 2. The molecule has 0 radical (unpaired) electrons. The van der Waals surface area contributed by atoms with Crippen molar-refractivity contribution in [3.8, 4) is 5.75 Å². The van der Waals surface area contributed by atoms with Gasteiger partial charge in [-0.2, -0.15) is 0 Å². The summed E-state index contributed by atoms with van der Waals surface area (Å²) in [5, 5.41) is 2.57. The number of ether oxygens (including phenoxy) is 1. The summed E-state index contributed by atoms with van der Waals surface area (Å²) in [6.07, 6.45) is 0. The van der Waals surface area contributed by atoms with E-state index in [2.05, 4.69) is 37.2 Å². The third kappa shape index (κ3) is 6.95. The topological polar surface area (TPSA) is 96.0 Å². The molecule has 202 valence electrons. The van der Waals surface area contributed by atoms with Crippen molar-refractivity contribution in [2.24, 2.45) is 0 Å². The van der Waals surface area contributed by atoms with E-state index in [0.29, 0.717) is 15.9 Å². The highest BCUT2D eigenvalue weighted by Crippen LogP contribution is 2.31. The van der Waals surface area contributed by atoms with Crippen molar-refractivity contribution in [2.45, 2.75) is 31.3 Å². The van der Waals surface area contributed by atoms with E-state index in [4.69, 9.17) is 4.74 Å². The van der Waals surface area contributed by atoms with E-state index in [1.165, 1.54) is 31.2 Å². The fourth-order valence-electron chi connectivity index (χ4n) is 3.80. The normalized spacial score (nSPS) is 11.9. The van der Waals surface area contributed by atoms with Crippen molar-refractivity contribution in [1.82, 2.24) is 10.2 Å². The quantitative estimate of drug-likeness (QED) is 0.333. The molecular weight excluding hydrogens is 638 g/mol. The Bertz CT molecular complexity index is 1410. The molecule has 0 aromatic heterocycles. The SMILES string of the molecule is CNC(=O)C(C)N(Cc1cccc(Br)c1)C(=O)CN(c1ccc(C)cc1)S(=O)(=O)c1ccc(OC)c(Br)c1. The maximum atomic E-state index is 13.9. The number of rotatable bonds is 10. The van der Waals surface area contributed by atoms with E-state index < -0.39 is 28.5 Å². The smallest absolute Gasteiger partial charge is 0.264 e. The molecule has 3 rings (SSSR count). The minimum absolute atomic E-state index is 0.0172. The van der Waals surface area contributed by atoms with Crippen LogP contribution in [0.5, 0.6) is 5.75 Å². The first-order valence-electron chi connectivity index (χ1n) is 11.7. The first kappa shape index (κ1) is 29.7. The van der Waals surface area contributed by atoms with Crippen molar-refractivity contribution < 1.29 is 22.7 Å². The number of likely N-dealkylation sites (N-methyl/N-ethyl adjacent to an activating group) is 1. The average Bonchev–Trinajstić information content (AvgIpc) is 2.89. The van der Waals surface area contributed by atoms with Crippen molar-refractivity contribution >= 4 is 59.4 Å². The molecule has 3 aromatic carbocycles. The van der Waals surface area contributed by atoms with E-state index in [1.807, 2.05) is 31.2 Å². The molecule has 0 fully saturated rings. The van der Waals surface area contributed by atoms with Gasteiger partial charge in [0.05, 0.1) is 22.2 Å². The van der Waals surface area contributed by atoms with Crippen LogP contribution in [0.4, 0.5) is 5.69 Å². The molecule has 0 saturated heterocycles. The van der Waals surface area contributed by atoms with E-state index in [0.717, 1.165) is 19.9 Å². The number of hydrogen-bond donors (Lipinski definition) is 1. The highest BCUT2D eigenvalue weighted by atomic mass is 79.9. The summed E-state index contributed by atoms with van der Waals surface area (Å²) in [4.78, 5) is 27.7. The second-order valence-electron chi connectivity index (χ2n) is 8.59. The number of aryl methyl sites for hydroxylation is 1. The van der Waals surface area contributed by atoms with Crippen molar-refractivity contribution in [1.29, 1.82) is 0 Å². The summed E-state index contributed by atoms with van der Waals surface area (Å²) in [5.74, 6) is -0.420. The van der Waals surface area contributed by atoms with Crippen LogP contribution in [0.1, 0.15) is 18.1 Å². The molecule has 0 heterocycles. The molecule has 0 bridgehead atoms. The lowest BCUT2D eigenvalue weighted by atomic mass is 10.1. The van der Waals surface area contributed by atoms with Gasteiger partial charge < -0.3 is 15.0 Å². The number of carbonyl (C=O) groups is 2. The molecule has 0 aliphatic carbocycles. The van der Waals surface area contributed by atoms with Crippen molar-refractivity contribution in [3.63, 3.8) is 0 Å². The van der Waals surface area contributed by atoms with Gasteiger partial charge >= 0.3 is 0 Å². The Balaban J connectivity index is 2.05. The van der Waals surface area contributed by atoms with E-state index in [1.54, 1.807) is 37.3 Å². The number of nitrogens with zero attached hydrogens (tertiary/aromatic N) is 2. The Labute approximate surface area is 240 Å². The summed E-state index contributed by atoms with van der Waals surface area (Å²) in [6, 6.07) is 17.8. The Hall–Kier alpha value is -2.89. The fraction of sp³-hybridized carbons (Fsp3) is 0.259. The van der Waals surface area contributed by atoms with Crippen molar-refractivity contribution in [3.05, 3.63) is 86.8 Å². The zero-order valence-electron chi connectivity index (χ0n) is 21.4. The fourth-order valence-corrected chi connectivity index (χ4v) is 6.38. The molecule has 11 heteroatoms. The van der Waals surface area contributed by atoms with Gasteiger partial charge in [0, 0.05) is 18.1 Å². The Morgan fingerprint density at radius 3 is 2.29 bits per heavy atom. The highest BCUT2D eigenvalue weighted by Gasteiger charge is 2.32. The van der Waals surface area contributed by atoms with Crippen LogP contribution in [0, 0.1) is 6.92 Å². The molecule has 2 amide bonds. The third-order valence-corrected chi connectivity index (χ3v) is 8.85. The van der Waals surface area contributed by atoms with Crippen LogP contribution in [0.2, 0.25) is 0 Å². The molecule has 0 spiro atoms. The van der Waals surface area contributed by atoms with Gasteiger partial charge in [-0.1, -0.05) is 45.8 Å². The third-order valence-electron chi connectivity index (χ3n) is 5.97. The molecule has 0 aliphatic rings. The summed E-state index contributed by atoms with van der Waals surface area (Å²) in [7, 11) is -1.21. The number of amides is 2. The van der Waals surface area contributed by atoms with Gasteiger partial charge in [-0.3, -0.25) is 13.9 Å². The zero-order chi connectivity index (χ0) is 28.0. The van der Waals surface area contributed by atoms with Gasteiger partial charge in [0.1, 0.15) is 18.3 Å². The molecule has 8 nitrogen and oxygen atoms in total. The maximum absolute atomic E-state index is 13.9. The molecule has 38 heavy (non-hydrogen) atoms. The van der Waals surface area contributed by atoms with Crippen LogP contribution in [-0.4, -0.2) is 51.9 Å². The zero-order valence-corrected chi connectivity index (χ0v) is 25.4. The van der Waals surface area contributed by atoms with Gasteiger partial charge in [-0.15, -0.1) is 0 Å². The van der Waals surface area contributed by atoms with Crippen LogP contribution in [0.25, 0.3) is 0 Å². The maximum Gasteiger partial charge on any atom is 0.264 e. The van der Waals surface area contributed by atoms with Crippen LogP contribution in [0.3, 0.4) is 0 Å². The largest absolute Gasteiger partial charge is 0.496 e. The molecule has 1 N–H and O–H groups in total. The van der Waals surface area contributed by atoms with Gasteiger partial charge in [0.15, 0.2) is 0 Å². The predicted octanol–water partition coefficient (Wildman–Crippen LogP) is 4.89. The molecule has 0 aliphatic heterocycles. The van der Waals surface area contributed by atoms with Crippen molar-refractivity contribution in [2.75, 3.05) is 25.0 Å². The van der Waals surface area contributed by atoms with Crippen LogP contribution in [-0.2, 0) is 26.2 Å². The summed E-state index contributed by atoms with van der Waals surface area (Å²) in [6.45, 7) is 3.10. The van der Waals surface area contributed by atoms with Gasteiger partial charge in [-0.25, -0.2) is 8.42 Å². The summed E-state index contributed by atoms with van der Waals surface area (Å²) in [5.41, 5.74) is 2.05. The Morgan fingerprint density at radius 1 is 1.03 bits per heavy atom. The molecule has 1 unspecified atom stereocenters. The second-order valence-corrected chi connectivity index (χ2v) is 12.2. The highest BCUT2D eigenvalue weighted by molar-refractivity contribution is 9.10. The van der Waals surface area contributed by atoms with Gasteiger partial charge in [0.2, 0.25) is 11.8 Å². The van der Waals surface area contributed by atoms with Crippen LogP contribution in [0.15, 0.2) is 80.6 Å². The Kier molecular flexibility index (Phi) is 9.97. The van der Waals surface area contributed by atoms with E-state index in [-0.39, 0.29) is 17.3 Å². The Morgan fingerprint density at radius 2 is 1.71 bits per heavy atom. The number of anilines is 1. The average molecular weight is 667 g/mol. The lowest BCUT2D eigenvalue weighted by Gasteiger charge is -2.32. The van der Waals surface area contributed by atoms with E-state index >= 15 is 0 Å². The monoisotopic (exact) mass is 665 g/mol. The standard InChI is InChI=1S/C27H29Br2N3O5S/c1-18-8-10-22(11-9-18)32(38(35,36)23-12-13-25(37-4)24(29)15-23)17-26(33)31(19(2)27(34)30-3)16-20-6-5-7-21(28)14-20/h5-15,19H,16-17H2,1-4H3,(H,30,34). The minimum Gasteiger partial charge on any atom is -0.496 e. The van der Waals surface area contributed by atoms with E-state index in [9.17, 15) is 18.0 Å². The van der Waals surface area contributed by atoms with Crippen LogP contribution < -0.4 is 14.4 Å². The number of sulfonamides is 1. The molecular formula is C27H29Br2N3O5S.